The third kappa shape index (κ3) is 1.97. The van der Waals surface area contributed by atoms with Crippen LogP contribution in [0, 0.1) is 0 Å². The van der Waals surface area contributed by atoms with Crippen molar-refractivity contribution < 1.29 is 14.3 Å². The lowest BCUT2D eigenvalue weighted by atomic mass is 9.86. The summed E-state index contributed by atoms with van der Waals surface area (Å²) in [5, 5.41) is 0. The maximum Gasteiger partial charge on any atom is 0.163 e. The van der Waals surface area contributed by atoms with Crippen LogP contribution in [0.5, 0.6) is 5.75 Å². The second-order valence-corrected chi connectivity index (χ2v) is 6.00. The van der Waals surface area contributed by atoms with Crippen LogP contribution in [-0.2, 0) is 13.0 Å². The third-order valence-corrected chi connectivity index (χ3v) is 4.54. The van der Waals surface area contributed by atoms with Crippen LogP contribution in [-0.4, -0.2) is 11.6 Å². The van der Waals surface area contributed by atoms with Gasteiger partial charge in [-0.05, 0) is 54.7 Å². The van der Waals surface area contributed by atoms with Crippen molar-refractivity contribution in [3.63, 3.8) is 0 Å². The molecule has 1 aliphatic heterocycles. The highest BCUT2D eigenvalue weighted by molar-refractivity contribution is 6.00. The Morgan fingerprint density at radius 2 is 1.86 bits per heavy atom. The van der Waals surface area contributed by atoms with E-state index in [2.05, 4.69) is 6.07 Å². The van der Waals surface area contributed by atoms with Crippen molar-refractivity contribution >= 4 is 11.6 Å². The first kappa shape index (κ1) is 13.3. The van der Waals surface area contributed by atoms with E-state index in [-0.39, 0.29) is 11.6 Å². The van der Waals surface area contributed by atoms with Crippen molar-refractivity contribution in [1.29, 1.82) is 0 Å². The Kier molecular flexibility index (Phi) is 2.89. The zero-order valence-corrected chi connectivity index (χ0v) is 12.4. The molecule has 22 heavy (non-hydrogen) atoms. The molecule has 3 heteroatoms. The van der Waals surface area contributed by atoms with Gasteiger partial charge in [-0.1, -0.05) is 12.1 Å². The molecule has 0 amide bonds. The number of ketones is 2. The summed E-state index contributed by atoms with van der Waals surface area (Å²) in [4.78, 5) is 23.6. The first-order valence-electron chi connectivity index (χ1n) is 7.60. The molecule has 1 aliphatic carbocycles. The van der Waals surface area contributed by atoms with Crippen molar-refractivity contribution in [2.75, 3.05) is 0 Å². The highest BCUT2D eigenvalue weighted by Gasteiger charge is 2.24. The van der Waals surface area contributed by atoms with Gasteiger partial charge < -0.3 is 4.74 Å². The van der Waals surface area contributed by atoms with Crippen molar-refractivity contribution in [3.05, 3.63) is 52.6 Å². The van der Waals surface area contributed by atoms with E-state index < -0.39 is 0 Å². The van der Waals surface area contributed by atoms with Crippen molar-refractivity contribution in [1.82, 2.24) is 0 Å². The van der Waals surface area contributed by atoms with Crippen LogP contribution in [0.4, 0.5) is 0 Å². The number of carbonyl (C=O) groups is 2. The fourth-order valence-corrected chi connectivity index (χ4v) is 3.35. The van der Waals surface area contributed by atoms with E-state index >= 15 is 0 Å². The molecule has 0 aromatic heterocycles. The van der Waals surface area contributed by atoms with Gasteiger partial charge in [-0.2, -0.15) is 0 Å². The molecule has 3 nitrogen and oxygen atoms in total. The van der Waals surface area contributed by atoms with Gasteiger partial charge in [0.15, 0.2) is 11.6 Å². The lowest BCUT2D eigenvalue weighted by molar-refractivity contribution is 0.0970. The van der Waals surface area contributed by atoms with E-state index in [1.807, 2.05) is 24.3 Å². The van der Waals surface area contributed by atoms with Crippen LogP contribution < -0.4 is 4.74 Å². The largest absolute Gasteiger partial charge is 0.488 e. The molecule has 1 heterocycles. The maximum atomic E-state index is 12.0. The number of carbonyl (C=O) groups excluding carboxylic acids is 2. The van der Waals surface area contributed by atoms with Gasteiger partial charge >= 0.3 is 0 Å². The predicted molar refractivity (Wildman–Crippen MR) is 83.5 cm³/mol. The van der Waals surface area contributed by atoms with Crippen molar-refractivity contribution in [2.24, 2.45) is 0 Å². The first-order chi connectivity index (χ1) is 10.6. The summed E-state index contributed by atoms with van der Waals surface area (Å²) in [6.07, 6.45) is 2.49. The summed E-state index contributed by atoms with van der Waals surface area (Å²) in [7, 11) is 0. The van der Waals surface area contributed by atoms with E-state index in [1.165, 1.54) is 0 Å². The van der Waals surface area contributed by atoms with Crippen LogP contribution in [0.3, 0.4) is 0 Å². The molecule has 110 valence electrons. The summed E-state index contributed by atoms with van der Waals surface area (Å²) in [6.45, 7) is 2.01. The number of fused-ring (bicyclic) bond motifs is 4. The minimum Gasteiger partial charge on any atom is -0.488 e. The topological polar surface area (TPSA) is 43.4 Å². The molecule has 0 saturated carbocycles. The number of hydrogen-bond acceptors (Lipinski definition) is 3. The SMILES string of the molecule is CC(=O)c1ccc2c(c1)COc1cc3c(cc1-2)CCCC3=O. The Morgan fingerprint density at radius 3 is 2.68 bits per heavy atom. The van der Waals surface area contributed by atoms with Gasteiger partial charge in [0, 0.05) is 23.1 Å². The Morgan fingerprint density at radius 1 is 1.00 bits per heavy atom. The molecule has 0 spiro atoms. The zero-order valence-electron chi connectivity index (χ0n) is 12.4. The molecule has 0 atom stereocenters. The van der Waals surface area contributed by atoms with Crippen LogP contribution in [0.2, 0.25) is 0 Å². The Bertz CT molecular complexity index is 818. The van der Waals surface area contributed by atoms with E-state index in [9.17, 15) is 9.59 Å². The summed E-state index contributed by atoms with van der Waals surface area (Å²) in [5.74, 6) is 1.05. The second-order valence-electron chi connectivity index (χ2n) is 6.00. The van der Waals surface area contributed by atoms with Crippen LogP contribution in [0.25, 0.3) is 11.1 Å². The molecule has 2 aromatic rings. The Hall–Kier alpha value is -2.42. The van der Waals surface area contributed by atoms with Gasteiger partial charge in [0.05, 0.1) is 0 Å². The Labute approximate surface area is 128 Å². The first-order valence-corrected chi connectivity index (χ1v) is 7.60. The van der Waals surface area contributed by atoms with E-state index in [0.717, 1.165) is 46.4 Å². The normalized spacial score (nSPS) is 15.4. The second kappa shape index (κ2) is 4.80. The lowest BCUT2D eigenvalue weighted by Crippen LogP contribution is -2.14. The summed E-state index contributed by atoms with van der Waals surface area (Å²) < 4.78 is 5.84. The van der Waals surface area contributed by atoms with Gasteiger partial charge in [0.1, 0.15) is 12.4 Å². The zero-order chi connectivity index (χ0) is 15.3. The van der Waals surface area contributed by atoms with Crippen LogP contribution in [0.15, 0.2) is 30.3 Å². The molecule has 0 unspecified atom stereocenters. The minimum atomic E-state index is 0.0598. The van der Waals surface area contributed by atoms with Crippen molar-refractivity contribution in [2.45, 2.75) is 32.8 Å². The smallest absolute Gasteiger partial charge is 0.163 e. The molecular formula is C19H16O3. The van der Waals surface area contributed by atoms with E-state index in [0.29, 0.717) is 18.6 Å². The van der Waals surface area contributed by atoms with E-state index in [4.69, 9.17) is 4.74 Å². The predicted octanol–water partition coefficient (Wildman–Crippen LogP) is 3.97. The third-order valence-electron chi connectivity index (χ3n) is 4.54. The van der Waals surface area contributed by atoms with Gasteiger partial charge in [-0.15, -0.1) is 0 Å². The number of benzene rings is 2. The van der Waals surface area contributed by atoms with Gasteiger partial charge in [-0.25, -0.2) is 0 Å². The molecule has 2 aliphatic rings. The lowest BCUT2D eigenvalue weighted by Gasteiger charge is -2.24. The highest BCUT2D eigenvalue weighted by atomic mass is 16.5. The fourth-order valence-electron chi connectivity index (χ4n) is 3.35. The Balaban J connectivity index is 1.88. The standard InChI is InChI=1S/C19H16O3/c1-11(20)12-5-6-15-14(7-12)10-22-19-9-16-13(8-17(15)19)3-2-4-18(16)21/h5-9H,2-4,10H2,1H3. The average molecular weight is 292 g/mol. The average Bonchev–Trinajstić information content (AvgIpc) is 2.53. The summed E-state index contributed by atoms with van der Waals surface area (Å²) in [6, 6.07) is 9.75. The molecule has 2 aromatic carbocycles. The number of rotatable bonds is 1. The van der Waals surface area contributed by atoms with Crippen LogP contribution in [0.1, 0.15) is 51.6 Å². The molecule has 0 saturated heterocycles. The monoisotopic (exact) mass is 292 g/mol. The number of hydrogen-bond donors (Lipinski definition) is 0. The molecular weight excluding hydrogens is 276 g/mol. The molecule has 0 fully saturated rings. The minimum absolute atomic E-state index is 0.0598. The van der Waals surface area contributed by atoms with Crippen molar-refractivity contribution in [3.8, 4) is 16.9 Å². The number of aryl methyl sites for hydroxylation is 1. The van der Waals surface area contributed by atoms with E-state index in [1.54, 1.807) is 6.92 Å². The van der Waals surface area contributed by atoms with Gasteiger partial charge in [0.25, 0.3) is 0 Å². The summed E-state index contributed by atoms with van der Waals surface area (Å²) in [5.41, 5.74) is 5.80. The summed E-state index contributed by atoms with van der Waals surface area (Å²) >= 11 is 0. The van der Waals surface area contributed by atoms with Gasteiger partial charge in [-0.3, -0.25) is 9.59 Å². The quantitative estimate of drug-likeness (QED) is 0.747. The molecule has 4 rings (SSSR count). The highest BCUT2D eigenvalue weighted by Crippen LogP contribution is 2.41. The number of Topliss-reactive ketones (excluding diaryl/α,β-unsaturated/α-hetero) is 2. The van der Waals surface area contributed by atoms with Gasteiger partial charge in [0.2, 0.25) is 0 Å². The van der Waals surface area contributed by atoms with Crippen LogP contribution >= 0.6 is 0 Å². The fraction of sp³-hybridized carbons (Fsp3) is 0.263. The molecule has 0 radical (unpaired) electrons. The molecule has 0 bridgehead atoms. The number of ether oxygens (including phenoxy) is 1. The maximum absolute atomic E-state index is 12.0. The molecule has 0 N–H and O–H groups in total.